The van der Waals surface area contributed by atoms with Gasteiger partial charge < -0.3 is 10.2 Å². The third-order valence-electron chi connectivity index (χ3n) is 3.70. The molecule has 2 aromatic carbocycles. The van der Waals surface area contributed by atoms with Gasteiger partial charge in [0.15, 0.2) is 0 Å². The van der Waals surface area contributed by atoms with Gasteiger partial charge in [-0.05, 0) is 47.9 Å². The molecule has 3 nitrogen and oxygen atoms in total. The van der Waals surface area contributed by atoms with Crippen molar-refractivity contribution in [2.75, 3.05) is 25.0 Å². The number of rotatable bonds is 3. The second-order valence-corrected chi connectivity index (χ2v) is 6.06. The molecule has 20 heavy (non-hydrogen) atoms. The van der Waals surface area contributed by atoms with Crippen LogP contribution in [0.3, 0.4) is 0 Å². The standard InChI is InChI=1S/C16H17BrN2O/c17-14-5-3-13-10-15(6-4-12(13)9-14)18-11-16(20)19-7-1-2-8-19/h3-6,9-10,18H,1-2,7-8,11H2. The van der Waals surface area contributed by atoms with Crippen molar-refractivity contribution >= 4 is 38.3 Å². The van der Waals surface area contributed by atoms with Gasteiger partial charge in [-0.25, -0.2) is 0 Å². The molecule has 1 aliphatic rings. The molecule has 1 amide bonds. The fourth-order valence-electron chi connectivity index (χ4n) is 2.58. The number of halogens is 1. The Kier molecular flexibility index (Phi) is 3.92. The molecule has 0 saturated carbocycles. The first-order valence-corrected chi connectivity index (χ1v) is 7.73. The maximum absolute atomic E-state index is 12.0. The largest absolute Gasteiger partial charge is 0.376 e. The summed E-state index contributed by atoms with van der Waals surface area (Å²) >= 11 is 3.47. The Bertz CT molecular complexity index is 635. The highest BCUT2D eigenvalue weighted by Gasteiger charge is 2.17. The summed E-state index contributed by atoms with van der Waals surface area (Å²) in [5.74, 6) is 0.193. The number of likely N-dealkylation sites (tertiary alicyclic amines) is 1. The number of nitrogens with one attached hydrogen (secondary N) is 1. The Morgan fingerprint density at radius 1 is 1.10 bits per heavy atom. The van der Waals surface area contributed by atoms with Gasteiger partial charge in [0.1, 0.15) is 0 Å². The number of anilines is 1. The highest BCUT2D eigenvalue weighted by Crippen LogP contribution is 2.23. The lowest BCUT2D eigenvalue weighted by atomic mass is 10.1. The second-order valence-electron chi connectivity index (χ2n) is 5.15. The van der Waals surface area contributed by atoms with Crippen LogP contribution in [-0.2, 0) is 4.79 Å². The Morgan fingerprint density at radius 3 is 2.60 bits per heavy atom. The molecular weight excluding hydrogens is 316 g/mol. The normalized spacial score (nSPS) is 14.8. The fraction of sp³-hybridized carbons (Fsp3) is 0.312. The average Bonchev–Trinajstić information content (AvgIpc) is 2.99. The Balaban J connectivity index is 1.68. The van der Waals surface area contributed by atoms with Crippen LogP contribution in [0.4, 0.5) is 5.69 Å². The third kappa shape index (κ3) is 2.96. The smallest absolute Gasteiger partial charge is 0.241 e. The molecule has 104 valence electrons. The van der Waals surface area contributed by atoms with E-state index in [0.717, 1.165) is 36.1 Å². The summed E-state index contributed by atoms with van der Waals surface area (Å²) in [6.45, 7) is 2.19. The number of hydrogen-bond donors (Lipinski definition) is 1. The predicted molar refractivity (Wildman–Crippen MR) is 86.0 cm³/mol. The van der Waals surface area contributed by atoms with E-state index >= 15 is 0 Å². The summed E-state index contributed by atoms with van der Waals surface area (Å²) in [5.41, 5.74) is 0.993. The maximum Gasteiger partial charge on any atom is 0.241 e. The van der Waals surface area contributed by atoms with E-state index in [0.29, 0.717) is 6.54 Å². The second kappa shape index (κ2) is 5.83. The zero-order chi connectivity index (χ0) is 13.9. The number of carbonyl (C=O) groups excluding carboxylic acids is 1. The van der Waals surface area contributed by atoms with Crippen LogP contribution in [0.5, 0.6) is 0 Å². The minimum Gasteiger partial charge on any atom is -0.376 e. The third-order valence-corrected chi connectivity index (χ3v) is 4.20. The minimum absolute atomic E-state index is 0.193. The van der Waals surface area contributed by atoms with E-state index < -0.39 is 0 Å². The number of carbonyl (C=O) groups is 1. The monoisotopic (exact) mass is 332 g/mol. The first-order chi connectivity index (χ1) is 9.72. The average molecular weight is 333 g/mol. The van der Waals surface area contributed by atoms with E-state index in [2.05, 4.69) is 45.5 Å². The van der Waals surface area contributed by atoms with Gasteiger partial charge in [0.25, 0.3) is 0 Å². The van der Waals surface area contributed by atoms with Crippen LogP contribution >= 0.6 is 15.9 Å². The van der Waals surface area contributed by atoms with Gasteiger partial charge in [0.05, 0.1) is 6.54 Å². The molecule has 0 aromatic heterocycles. The lowest BCUT2D eigenvalue weighted by Gasteiger charge is -2.16. The van der Waals surface area contributed by atoms with E-state index in [1.165, 1.54) is 10.8 Å². The van der Waals surface area contributed by atoms with E-state index in [1.54, 1.807) is 0 Å². The SMILES string of the molecule is O=C(CNc1ccc2cc(Br)ccc2c1)N1CCCC1. The van der Waals surface area contributed by atoms with Gasteiger partial charge in [0.2, 0.25) is 5.91 Å². The van der Waals surface area contributed by atoms with Crippen LogP contribution in [0.25, 0.3) is 10.8 Å². The van der Waals surface area contributed by atoms with Crippen LogP contribution < -0.4 is 5.32 Å². The Morgan fingerprint density at radius 2 is 1.80 bits per heavy atom. The molecule has 0 aliphatic carbocycles. The zero-order valence-electron chi connectivity index (χ0n) is 11.2. The highest BCUT2D eigenvalue weighted by molar-refractivity contribution is 9.10. The van der Waals surface area contributed by atoms with Crippen molar-refractivity contribution in [3.63, 3.8) is 0 Å². The summed E-state index contributed by atoms with van der Waals surface area (Å²) < 4.78 is 1.08. The molecule has 1 saturated heterocycles. The molecule has 4 heteroatoms. The highest BCUT2D eigenvalue weighted by atomic mass is 79.9. The fourth-order valence-corrected chi connectivity index (χ4v) is 2.96. The van der Waals surface area contributed by atoms with E-state index in [1.807, 2.05) is 17.0 Å². The molecule has 0 spiro atoms. The molecule has 0 bridgehead atoms. The van der Waals surface area contributed by atoms with Gasteiger partial charge >= 0.3 is 0 Å². The Hall–Kier alpha value is -1.55. The molecule has 1 aliphatic heterocycles. The Labute approximate surface area is 127 Å². The van der Waals surface area contributed by atoms with E-state index in [9.17, 15) is 4.79 Å². The first-order valence-electron chi connectivity index (χ1n) is 6.93. The van der Waals surface area contributed by atoms with Crippen molar-refractivity contribution < 1.29 is 4.79 Å². The number of benzene rings is 2. The van der Waals surface area contributed by atoms with Gasteiger partial charge in [0, 0.05) is 23.2 Å². The van der Waals surface area contributed by atoms with Crippen LogP contribution in [0.15, 0.2) is 40.9 Å². The van der Waals surface area contributed by atoms with Gasteiger partial charge in [-0.3, -0.25) is 4.79 Å². The quantitative estimate of drug-likeness (QED) is 0.930. The van der Waals surface area contributed by atoms with Gasteiger partial charge in [-0.2, -0.15) is 0 Å². The molecule has 1 heterocycles. The van der Waals surface area contributed by atoms with E-state index in [4.69, 9.17) is 0 Å². The molecule has 0 radical (unpaired) electrons. The van der Waals surface area contributed by atoms with Gasteiger partial charge in [-0.15, -0.1) is 0 Å². The number of hydrogen-bond acceptors (Lipinski definition) is 2. The number of amides is 1. The van der Waals surface area contributed by atoms with Crippen LogP contribution in [-0.4, -0.2) is 30.4 Å². The maximum atomic E-state index is 12.0. The molecular formula is C16H17BrN2O. The van der Waals surface area contributed by atoms with Crippen molar-refractivity contribution in [1.29, 1.82) is 0 Å². The minimum atomic E-state index is 0.193. The summed E-state index contributed by atoms with van der Waals surface area (Å²) in [5, 5.41) is 5.59. The molecule has 3 rings (SSSR count). The molecule has 1 N–H and O–H groups in total. The van der Waals surface area contributed by atoms with Crippen LogP contribution in [0.2, 0.25) is 0 Å². The summed E-state index contributed by atoms with van der Waals surface area (Å²) in [4.78, 5) is 13.9. The summed E-state index contributed by atoms with van der Waals surface area (Å²) in [6, 6.07) is 12.4. The van der Waals surface area contributed by atoms with Gasteiger partial charge in [-0.1, -0.05) is 28.1 Å². The van der Waals surface area contributed by atoms with Crippen molar-refractivity contribution in [2.24, 2.45) is 0 Å². The summed E-state index contributed by atoms with van der Waals surface area (Å²) in [6.07, 6.45) is 2.27. The van der Waals surface area contributed by atoms with Crippen molar-refractivity contribution in [2.45, 2.75) is 12.8 Å². The van der Waals surface area contributed by atoms with Crippen LogP contribution in [0.1, 0.15) is 12.8 Å². The number of nitrogens with zero attached hydrogens (tertiary/aromatic N) is 1. The van der Waals surface area contributed by atoms with Crippen molar-refractivity contribution in [3.8, 4) is 0 Å². The number of fused-ring (bicyclic) bond motifs is 1. The molecule has 0 atom stereocenters. The van der Waals surface area contributed by atoms with Crippen LogP contribution in [0, 0.1) is 0 Å². The lowest BCUT2D eigenvalue weighted by molar-refractivity contribution is -0.128. The first kappa shape index (κ1) is 13.4. The topological polar surface area (TPSA) is 32.3 Å². The van der Waals surface area contributed by atoms with Crippen molar-refractivity contribution in [1.82, 2.24) is 4.90 Å². The molecule has 2 aromatic rings. The van der Waals surface area contributed by atoms with E-state index in [-0.39, 0.29) is 5.91 Å². The molecule has 0 unspecified atom stereocenters. The summed E-state index contributed by atoms with van der Waals surface area (Å²) in [7, 11) is 0. The molecule has 1 fully saturated rings. The zero-order valence-corrected chi connectivity index (χ0v) is 12.8. The van der Waals surface area contributed by atoms with Crippen molar-refractivity contribution in [3.05, 3.63) is 40.9 Å². The lowest BCUT2D eigenvalue weighted by Crippen LogP contribution is -2.32. The predicted octanol–water partition coefficient (Wildman–Crippen LogP) is 3.64.